The molecule has 1 fully saturated rings. The number of rotatable bonds is 3. The lowest BCUT2D eigenvalue weighted by Gasteiger charge is -2.29. The van der Waals surface area contributed by atoms with E-state index in [2.05, 4.69) is 19.2 Å². The molecule has 1 rings (SSSR count). The summed E-state index contributed by atoms with van der Waals surface area (Å²) < 4.78 is 0. The number of nitrogens with one attached hydrogen (secondary N) is 1. The second kappa shape index (κ2) is 5.80. The summed E-state index contributed by atoms with van der Waals surface area (Å²) in [4.78, 5) is 24.7. The molecule has 1 heterocycles. The third-order valence-corrected chi connectivity index (χ3v) is 3.67. The molecule has 0 aromatic carbocycles. The first-order valence-electron chi connectivity index (χ1n) is 6.90. The van der Waals surface area contributed by atoms with E-state index in [0.29, 0.717) is 0 Å². The van der Waals surface area contributed by atoms with Gasteiger partial charge in [0.1, 0.15) is 0 Å². The van der Waals surface area contributed by atoms with E-state index in [4.69, 9.17) is 5.11 Å². The van der Waals surface area contributed by atoms with Crippen molar-refractivity contribution in [1.29, 1.82) is 0 Å². The second-order valence-corrected chi connectivity index (χ2v) is 6.89. The van der Waals surface area contributed by atoms with Crippen molar-refractivity contribution < 1.29 is 14.7 Å². The number of likely N-dealkylation sites (tertiary alicyclic amines) is 1. The van der Waals surface area contributed by atoms with Gasteiger partial charge in [-0.2, -0.15) is 0 Å². The van der Waals surface area contributed by atoms with Crippen LogP contribution in [0.4, 0.5) is 4.79 Å². The molecule has 0 unspecified atom stereocenters. The molecule has 0 aromatic heterocycles. The summed E-state index contributed by atoms with van der Waals surface area (Å²) in [6.45, 7) is 9.41. The number of carboxylic acid groups (broad SMARTS) is 1. The lowest BCUT2D eigenvalue weighted by molar-refractivity contribution is -0.138. The van der Waals surface area contributed by atoms with Crippen molar-refractivity contribution in [2.75, 3.05) is 13.1 Å². The van der Waals surface area contributed by atoms with E-state index in [9.17, 15) is 9.59 Å². The smallest absolute Gasteiger partial charge is 0.317 e. The van der Waals surface area contributed by atoms with Gasteiger partial charge in [0.2, 0.25) is 0 Å². The summed E-state index contributed by atoms with van der Waals surface area (Å²) >= 11 is 0. The third-order valence-electron chi connectivity index (χ3n) is 3.67. The molecule has 0 spiro atoms. The quantitative estimate of drug-likeness (QED) is 0.827. The molecule has 0 bridgehead atoms. The zero-order valence-corrected chi connectivity index (χ0v) is 12.5. The van der Waals surface area contributed by atoms with Crippen LogP contribution in [-0.4, -0.2) is 40.6 Å². The Morgan fingerprint density at radius 1 is 1.26 bits per heavy atom. The minimum atomic E-state index is -0.901. The molecule has 0 radical (unpaired) electrons. The standard InChI is InChI=1S/C14H26N2O3/c1-13(2)6-5-8-16(9-7-13)12(19)15-14(3,4)10-11(17)18/h5-10H2,1-4H3,(H,15,19)(H,17,18). The Kier molecular flexibility index (Phi) is 4.82. The molecule has 5 heteroatoms. The first-order chi connectivity index (χ1) is 8.61. The van der Waals surface area contributed by atoms with E-state index in [-0.39, 0.29) is 17.9 Å². The normalized spacial score (nSPS) is 19.7. The molecule has 19 heavy (non-hydrogen) atoms. The van der Waals surface area contributed by atoms with E-state index in [0.717, 1.165) is 32.4 Å². The largest absolute Gasteiger partial charge is 0.481 e. The highest BCUT2D eigenvalue weighted by molar-refractivity contribution is 5.76. The maximum atomic E-state index is 12.2. The van der Waals surface area contributed by atoms with Crippen molar-refractivity contribution in [3.05, 3.63) is 0 Å². The summed E-state index contributed by atoms with van der Waals surface area (Å²) in [7, 11) is 0. The van der Waals surface area contributed by atoms with E-state index in [1.165, 1.54) is 0 Å². The number of amides is 2. The third kappa shape index (κ3) is 5.49. The van der Waals surface area contributed by atoms with Gasteiger partial charge in [-0.05, 0) is 38.5 Å². The summed E-state index contributed by atoms with van der Waals surface area (Å²) in [5.74, 6) is -0.901. The highest BCUT2D eigenvalue weighted by atomic mass is 16.4. The van der Waals surface area contributed by atoms with Crippen LogP contribution in [0.15, 0.2) is 0 Å². The zero-order chi connectivity index (χ0) is 14.7. The van der Waals surface area contributed by atoms with Crippen molar-refractivity contribution in [2.45, 2.75) is 58.9 Å². The fourth-order valence-electron chi connectivity index (χ4n) is 2.42. The number of carbonyl (C=O) groups excluding carboxylic acids is 1. The number of carboxylic acids is 1. The van der Waals surface area contributed by atoms with Crippen LogP contribution in [0.5, 0.6) is 0 Å². The number of urea groups is 1. The first-order valence-corrected chi connectivity index (χ1v) is 6.90. The minimum absolute atomic E-state index is 0.0714. The number of aliphatic carboxylic acids is 1. The molecule has 2 N–H and O–H groups in total. The van der Waals surface area contributed by atoms with Gasteiger partial charge in [-0.1, -0.05) is 13.8 Å². The van der Waals surface area contributed by atoms with Gasteiger partial charge in [-0.25, -0.2) is 4.79 Å². The Morgan fingerprint density at radius 2 is 1.89 bits per heavy atom. The monoisotopic (exact) mass is 270 g/mol. The van der Waals surface area contributed by atoms with E-state index < -0.39 is 11.5 Å². The molecule has 110 valence electrons. The Labute approximate surface area is 115 Å². The molecule has 5 nitrogen and oxygen atoms in total. The lowest BCUT2D eigenvalue weighted by atomic mass is 9.85. The van der Waals surface area contributed by atoms with E-state index in [1.807, 2.05) is 0 Å². The fourth-order valence-corrected chi connectivity index (χ4v) is 2.42. The van der Waals surface area contributed by atoms with Crippen molar-refractivity contribution in [3.8, 4) is 0 Å². The van der Waals surface area contributed by atoms with Crippen LogP contribution >= 0.6 is 0 Å². The van der Waals surface area contributed by atoms with Gasteiger partial charge in [0.25, 0.3) is 0 Å². The minimum Gasteiger partial charge on any atom is -0.481 e. The molecule has 1 aliphatic heterocycles. The van der Waals surface area contributed by atoms with Crippen LogP contribution in [0, 0.1) is 5.41 Å². The summed E-state index contributed by atoms with van der Waals surface area (Å²) in [6.07, 6.45) is 3.03. The van der Waals surface area contributed by atoms with Crippen LogP contribution in [0.2, 0.25) is 0 Å². The zero-order valence-electron chi connectivity index (χ0n) is 12.5. The molecule has 0 aromatic rings. The van der Waals surface area contributed by atoms with Crippen LogP contribution in [0.1, 0.15) is 53.4 Å². The molecule has 0 aliphatic carbocycles. The Bertz CT molecular complexity index is 351. The molecular formula is C14H26N2O3. The molecular weight excluding hydrogens is 244 g/mol. The van der Waals surface area contributed by atoms with Crippen molar-refractivity contribution in [2.24, 2.45) is 5.41 Å². The second-order valence-electron chi connectivity index (χ2n) is 6.89. The number of carbonyl (C=O) groups is 2. The average molecular weight is 270 g/mol. The van der Waals surface area contributed by atoms with Crippen LogP contribution in [0.25, 0.3) is 0 Å². The topological polar surface area (TPSA) is 69.6 Å². The molecule has 0 atom stereocenters. The predicted molar refractivity (Wildman–Crippen MR) is 74.1 cm³/mol. The van der Waals surface area contributed by atoms with Crippen LogP contribution in [0.3, 0.4) is 0 Å². The van der Waals surface area contributed by atoms with Gasteiger partial charge < -0.3 is 15.3 Å². The SMILES string of the molecule is CC1(C)CCCN(C(=O)NC(C)(C)CC(=O)O)CC1. The maximum Gasteiger partial charge on any atom is 0.317 e. The average Bonchev–Trinajstić information content (AvgIpc) is 2.36. The predicted octanol–water partition coefficient (Wildman–Crippen LogP) is 2.46. The van der Waals surface area contributed by atoms with Crippen molar-refractivity contribution in [1.82, 2.24) is 10.2 Å². The van der Waals surface area contributed by atoms with Gasteiger partial charge in [0, 0.05) is 18.6 Å². The highest BCUT2D eigenvalue weighted by Crippen LogP contribution is 2.29. The highest BCUT2D eigenvalue weighted by Gasteiger charge is 2.29. The first kappa shape index (κ1) is 15.8. The molecule has 0 saturated carbocycles. The molecule has 1 saturated heterocycles. The van der Waals surface area contributed by atoms with Gasteiger partial charge in [0.15, 0.2) is 0 Å². The molecule has 1 aliphatic rings. The summed E-state index contributed by atoms with van der Waals surface area (Å²) in [5, 5.41) is 11.6. The Balaban J connectivity index is 2.56. The van der Waals surface area contributed by atoms with Gasteiger partial charge >= 0.3 is 12.0 Å². The van der Waals surface area contributed by atoms with Gasteiger partial charge in [-0.3, -0.25) is 4.79 Å². The van der Waals surface area contributed by atoms with Crippen LogP contribution < -0.4 is 5.32 Å². The van der Waals surface area contributed by atoms with Crippen molar-refractivity contribution in [3.63, 3.8) is 0 Å². The van der Waals surface area contributed by atoms with E-state index >= 15 is 0 Å². The lowest BCUT2D eigenvalue weighted by Crippen LogP contribution is -2.51. The van der Waals surface area contributed by atoms with E-state index in [1.54, 1.807) is 18.7 Å². The van der Waals surface area contributed by atoms with Gasteiger partial charge in [0.05, 0.1) is 6.42 Å². The van der Waals surface area contributed by atoms with Gasteiger partial charge in [-0.15, -0.1) is 0 Å². The number of nitrogens with zero attached hydrogens (tertiary/aromatic N) is 1. The Morgan fingerprint density at radius 3 is 2.47 bits per heavy atom. The number of hydrogen-bond acceptors (Lipinski definition) is 2. The van der Waals surface area contributed by atoms with Crippen LogP contribution in [-0.2, 0) is 4.79 Å². The fraction of sp³-hybridized carbons (Fsp3) is 0.857. The Hall–Kier alpha value is -1.26. The summed E-state index contributed by atoms with van der Waals surface area (Å²) in [5.41, 5.74) is -0.434. The van der Waals surface area contributed by atoms with Crippen molar-refractivity contribution >= 4 is 12.0 Å². The number of hydrogen-bond donors (Lipinski definition) is 2. The summed E-state index contributed by atoms with van der Waals surface area (Å²) in [6, 6.07) is -0.149. The maximum absolute atomic E-state index is 12.2. The molecule has 2 amide bonds.